The first-order chi connectivity index (χ1) is 8.29. The second-order valence-corrected chi connectivity index (χ2v) is 4.45. The highest BCUT2D eigenvalue weighted by atomic mass is 15.2. The molecule has 0 amide bonds. The van der Waals surface area contributed by atoms with Crippen LogP contribution in [0.2, 0.25) is 0 Å². The van der Waals surface area contributed by atoms with Gasteiger partial charge < -0.3 is 15.5 Å². The van der Waals surface area contributed by atoms with Crippen molar-refractivity contribution >= 4 is 11.6 Å². The van der Waals surface area contributed by atoms with E-state index in [1.165, 1.54) is 0 Å². The Bertz CT molecular complexity index is 349. The maximum atomic E-state index is 4.34. The molecule has 17 heavy (non-hydrogen) atoms. The van der Waals surface area contributed by atoms with E-state index in [-0.39, 0.29) is 0 Å². The van der Waals surface area contributed by atoms with E-state index in [0.29, 0.717) is 6.04 Å². The number of hydrogen-bond acceptors (Lipinski definition) is 5. The van der Waals surface area contributed by atoms with Crippen molar-refractivity contribution in [1.82, 2.24) is 15.3 Å². The highest BCUT2D eigenvalue weighted by Gasteiger charge is 2.12. The predicted molar refractivity (Wildman–Crippen MR) is 70.5 cm³/mol. The Morgan fingerprint density at radius 3 is 2.88 bits per heavy atom. The standard InChI is InChI=1S/C12H21N5/c1-3-10(2)16-11-8-12(15-9-14-11)17-6-4-13-5-7-17/h8-10,13H,3-7H2,1-2H3,(H,14,15,16)/t10-/m0/s1. The average Bonchev–Trinajstić information content (AvgIpc) is 2.40. The van der Waals surface area contributed by atoms with E-state index < -0.39 is 0 Å². The van der Waals surface area contributed by atoms with Crippen LogP contribution >= 0.6 is 0 Å². The van der Waals surface area contributed by atoms with Crippen molar-refractivity contribution in [3.63, 3.8) is 0 Å². The SMILES string of the molecule is CC[C@H](C)Nc1cc(N2CCNCC2)ncn1. The maximum Gasteiger partial charge on any atom is 0.134 e. The van der Waals surface area contributed by atoms with Crippen LogP contribution < -0.4 is 15.5 Å². The Hall–Kier alpha value is -1.36. The van der Waals surface area contributed by atoms with Crippen LogP contribution in [0.15, 0.2) is 12.4 Å². The fourth-order valence-electron chi connectivity index (χ4n) is 1.85. The van der Waals surface area contributed by atoms with Crippen LogP contribution in [0.25, 0.3) is 0 Å². The van der Waals surface area contributed by atoms with E-state index in [2.05, 4.69) is 39.3 Å². The molecule has 1 aliphatic rings. The lowest BCUT2D eigenvalue weighted by Gasteiger charge is -2.28. The average molecular weight is 235 g/mol. The molecule has 1 atom stereocenters. The van der Waals surface area contributed by atoms with E-state index in [1.807, 2.05) is 6.07 Å². The predicted octanol–water partition coefficient (Wildman–Crippen LogP) is 1.10. The minimum atomic E-state index is 0.445. The van der Waals surface area contributed by atoms with E-state index in [1.54, 1.807) is 6.33 Å². The van der Waals surface area contributed by atoms with Crippen LogP contribution in [0.5, 0.6) is 0 Å². The third-order valence-electron chi connectivity index (χ3n) is 3.10. The molecule has 1 saturated heterocycles. The van der Waals surface area contributed by atoms with E-state index in [0.717, 1.165) is 44.2 Å². The molecule has 5 heteroatoms. The lowest BCUT2D eigenvalue weighted by atomic mass is 10.2. The van der Waals surface area contributed by atoms with Gasteiger partial charge in [0.05, 0.1) is 0 Å². The molecule has 2 heterocycles. The van der Waals surface area contributed by atoms with Gasteiger partial charge >= 0.3 is 0 Å². The minimum absolute atomic E-state index is 0.445. The van der Waals surface area contributed by atoms with Crippen LogP contribution in [0, 0.1) is 0 Å². The number of aromatic nitrogens is 2. The lowest BCUT2D eigenvalue weighted by molar-refractivity contribution is 0.584. The van der Waals surface area contributed by atoms with Crippen LogP contribution in [-0.2, 0) is 0 Å². The van der Waals surface area contributed by atoms with Gasteiger partial charge in [-0.3, -0.25) is 0 Å². The van der Waals surface area contributed by atoms with Crippen molar-refractivity contribution in [2.24, 2.45) is 0 Å². The molecule has 1 aromatic rings. The molecular weight excluding hydrogens is 214 g/mol. The summed E-state index contributed by atoms with van der Waals surface area (Å²) >= 11 is 0. The maximum absolute atomic E-state index is 4.34. The Balaban J connectivity index is 2.05. The van der Waals surface area contributed by atoms with Gasteiger partial charge in [0.2, 0.25) is 0 Å². The molecule has 0 saturated carbocycles. The van der Waals surface area contributed by atoms with Crippen molar-refractivity contribution < 1.29 is 0 Å². The number of hydrogen-bond donors (Lipinski definition) is 2. The summed E-state index contributed by atoms with van der Waals surface area (Å²) in [6.07, 6.45) is 2.73. The molecule has 0 bridgehead atoms. The number of anilines is 2. The first kappa shape index (κ1) is 12.1. The van der Waals surface area contributed by atoms with Gasteiger partial charge in [-0.2, -0.15) is 0 Å². The zero-order valence-corrected chi connectivity index (χ0v) is 10.6. The normalized spacial score (nSPS) is 17.9. The number of nitrogens with zero attached hydrogens (tertiary/aromatic N) is 3. The molecule has 5 nitrogen and oxygen atoms in total. The van der Waals surface area contributed by atoms with Crippen LogP contribution in [0.4, 0.5) is 11.6 Å². The summed E-state index contributed by atoms with van der Waals surface area (Å²) in [6, 6.07) is 2.48. The fourth-order valence-corrected chi connectivity index (χ4v) is 1.85. The Kier molecular flexibility index (Phi) is 4.14. The first-order valence-corrected chi connectivity index (χ1v) is 6.34. The number of rotatable bonds is 4. The molecule has 1 aromatic heterocycles. The molecule has 0 radical (unpaired) electrons. The van der Waals surface area contributed by atoms with Crippen molar-refractivity contribution in [3.8, 4) is 0 Å². The van der Waals surface area contributed by atoms with Gasteiger partial charge in [0.1, 0.15) is 18.0 Å². The molecule has 94 valence electrons. The quantitative estimate of drug-likeness (QED) is 0.818. The Morgan fingerprint density at radius 1 is 1.41 bits per heavy atom. The van der Waals surface area contributed by atoms with Crippen molar-refractivity contribution in [2.75, 3.05) is 36.4 Å². The zero-order valence-electron chi connectivity index (χ0n) is 10.6. The number of piperazine rings is 1. The van der Waals surface area contributed by atoms with Crippen LogP contribution in [0.1, 0.15) is 20.3 Å². The molecule has 1 fully saturated rings. The molecule has 0 unspecified atom stereocenters. The monoisotopic (exact) mass is 235 g/mol. The van der Waals surface area contributed by atoms with Gasteiger partial charge in [-0.15, -0.1) is 0 Å². The molecule has 2 rings (SSSR count). The Labute approximate surface area is 103 Å². The summed E-state index contributed by atoms with van der Waals surface area (Å²) in [4.78, 5) is 10.9. The van der Waals surface area contributed by atoms with Crippen LogP contribution in [-0.4, -0.2) is 42.2 Å². The zero-order chi connectivity index (χ0) is 12.1. The van der Waals surface area contributed by atoms with E-state index in [4.69, 9.17) is 0 Å². The van der Waals surface area contributed by atoms with Crippen LogP contribution in [0.3, 0.4) is 0 Å². The van der Waals surface area contributed by atoms with Crippen molar-refractivity contribution in [2.45, 2.75) is 26.3 Å². The summed E-state index contributed by atoms with van der Waals surface area (Å²) in [5.74, 6) is 1.94. The van der Waals surface area contributed by atoms with E-state index in [9.17, 15) is 0 Å². The molecule has 1 aliphatic heterocycles. The van der Waals surface area contributed by atoms with Gasteiger partial charge in [0.25, 0.3) is 0 Å². The third-order valence-corrected chi connectivity index (χ3v) is 3.10. The van der Waals surface area contributed by atoms with Gasteiger partial charge in [0, 0.05) is 38.3 Å². The molecule has 0 spiro atoms. The summed E-state index contributed by atoms with van der Waals surface area (Å²) in [7, 11) is 0. The summed E-state index contributed by atoms with van der Waals surface area (Å²) in [5, 5.41) is 6.72. The molecule has 0 aliphatic carbocycles. The fraction of sp³-hybridized carbons (Fsp3) is 0.667. The summed E-state index contributed by atoms with van der Waals surface area (Å²) < 4.78 is 0. The van der Waals surface area contributed by atoms with Gasteiger partial charge in [-0.1, -0.05) is 6.92 Å². The highest BCUT2D eigenvalue weighted by Crippen LogP contribution is 2.15. The third kappa shape index (κ3) is 3.30. The second kappa shape index (κ2) is 5.82. The van der Waals surface area contributed by atoms with Crippen molar-refractivity contribution in [1.29, 1.82) is 0 Å². The Morgan fingerprint density at radius 2 is 2.18 bits per heavy atom. The topological polar surface area (TPSA) is 53.1 Å². The van der Waals surface area contributed by atoms with Crippen molar-refractivity contribution in [3.05, 3.63) is 12.4 Å². The lowest BCUT2D eigenvalue weighted by Crippen LogP contribution is -2.43. The molecular formula is C12H21N5. The first-order valence-electron chi connectivity index (χ1n) is 6.34. The molecule has 0 aromatic carbocycles. The number of nitrogens with one attached hydrogen (secondary N) is 2. The minimum Gasteiger partial charge on any atom is -0.367 e. The summed E-state index contributed by atoms with van der Waals surface area (Å²) in [6.45, 7) is 8.40. The smallest absolute Gasteiger partial charge is 0.134 e. The molecule has 2 N–H and O–H groups in total. The second-order valence-electron chi connectivity index (χ2n) is 4.45. The van der Waals surface area contributed by atoms with Gasteiger partial charge in [-0.05, 0) is 13.3 Å². The largest absolute Gasteiger partial charge is 0.367 e. The van der Waals surface area contributed by atoms with E-state index >= 15 is 0 Å². The highest BCUT2D eigenvalue weighted by molar-refractivity contribution is 5.49. The summed E-state index contributed by atoms with van der Waals surface area (Å²) in [5.41, 5.74) is 0. The van der Waals surface area contributed by atoms with Gasteiger partial charge in [0.15, 0.2) is 0 Å². The van der Waals surface area contributed by atoms with Gasteiger partial charge in [-0.25, -0.2) is 9.97 Å².